The van der Waals surface area contributed by atoms with Gasteiger partial charge in [-0.05, 0) is 48.9 Å². The summed E-state index contributed by atoms with van der Waals surface area (Å²) in [5.74, 6) is 2.46. The van der Waals surface area contributed by atoms with Gasteiger partial charge in [-0.3, -0.25) is 9.55 Å². The van der Waals surface area contributed by atoms with Gasteiger partial charge in [0.25, 0.3) is 0 Å². The minimum absolute atomic E-state index is 0.708. The third kappa shape index (κ3) is 3.52. The molecule has 3 aromatic heterocycles. The number of imidazole rings is 1. The summed E-state index contributed by atoms with van der Waals surface area (Å²) in [4.78, 5) is 20.8. The number of aromatic nitrogens is 5. The summed E-state index contributed by atoms with van der Waals surface area (Å²) in [6, 6.07) is 14.3. The van der Waals surface area contributed by atoms with E-state index < -0.39 is 0 Å². The fraction of sp³-hybridized carbons (Fsp3) is 0.231. The van der Waals surface area contributed by atoms with Crippen LogP contribution in [0.2, 0.25) is 0 Å². The maximum absolute atomic E-state index is 5.43. The smallest absolute Gasteiger partial charge is 0.225 e. The molecule has 0 saturated carbocycles. The van der Waals surface area contributed by atoms with Crippen molar-refractivity contribution in [2.24, 2.45) is 0 Å². The molecule has 0 N–H and O–H groups in total. The summed E-state index contributed by atoms with van der Waals surface area (Å²) >= 11 is 0. The van der Waals surface area contributed by atoms with Crippen LogP contribution in [0.25, 0.3) is 38.8 Å². The molecule has 34 heavy (non-hydrogen) atoms. The van der Waals surface area contributed by atoms with E-state index >= 15 is 0 Å². The average Bonchev–Trinajstić information content (AvgIpc) is 3.25. The molecular formula is C26H24N6O2. The van der Waals surface area contributed by atoms with Gasteiger partial charge in [-0.25, -0.2) is 15.0 Å². The quantitative estimate of drug-likeness (QED) is 0.405. The molecule has 5 aromatic rings. The van der Waals surface area contributed by atoms with Crippen LogP contribution in [-0.4, -0.2) is 57.9 Å². The second-order valence-corrected chi connectivity index (χ2v) is 8.29. The molecule has 1 aliphatic heterocycles. The molecule has 0 spiro atoms. The topological polar surface area (TPSA) is 78.2 Å². The van der Waals surface area contributed by atoms with Crippen LogP contribution in [0, 0.1) is 6.92 Å². The number of anilines is 1. The molecular weight excluding hydrogens is 428 g/mol. The number of methoxy groups -OCH3 is 1. The zero-order valence-corrected chi connectivity index (χ0v) is 19.1. The Kier molecular flexibility index (Phi) is 5.07. The molecule has 0 atom stereocenters. The number of aryl methyl sites for hydroxylation is 1. The van der Waals surface area contributed by atoms with Crippen LogP contribution in [0.15, 0.2) is 61.1 Å². The number of ether oxygens (including phenoxy) is 2. The minimum atomic E-state index is 0.708. The lowest BCUT2D eigenvalue weighted by Gasteiger charge is -2.26. The van der Waals surface area contributed by atoms with Crippen LogP contribution in [0.3, 0.4) is 0 Å². The standard InChI is InChI=1S/C26H24N6O2/c1-17-30-24-16-27-23-8-3-18(19-14-28-26(29-15-19)31-9-11-34-12-10-31)13-22(23)25(24)32(17)20-4-6-21(33-2)7-5-20/h3-8,13-16H,9-12H2,1-2H3. The second-order valence-electron chi connectivity index (χ2n) is 8.29. The van der Waals surface area contributed by atoms with Crippen molar-refractivity contribution >= 4 is 27.9 Å². The second kappa shape index (κ2) is 8.39. The Hall–Kier alpha value is -4.04. The van der Waals surface area contributed by atoms with Gasteiger partial charge in [-0.1, -0.05) is 6.07 Å². The number of morpholine rings is 1. The van der Waals surface area contributed by atoms with Gasteiger partial charge in [-0.2, -0.15) is 0 Å². The molecule has 1 fully saturated rings. The largest absolute Gasteiger partial charge is 0.497 e. The van der Waals surface area contributed by atoms with Gasteiger partial charge >= 0.3 is 0 Å². The number of hydrogen-bond acceptors (Lipinski definition) is 7. The molecule has 1 aliphatic rings. The van der Waals surface area contributed by atoms with Crippen LogP contribution in [0.5, 0.6) is 5.75 Å². The Bertz CT molecular complexity index is 1470. The van der Waals surface area contributed by atoms with E-state index in [0.717, 1.165) is 69.4 Å². The van der Waals surface area contributed by atoms with Gasteiger partial charge in [0, 0.05) is 42.1 Å². The fourth-order valence-corrected chi connectivity index (χ4v) is 4.49. The Balaban J connectivity index is 1.45. The molecule has 0 unspecified atom stereocenters. The first-order valence-electron chi connectivity index (χ1n) is 11.3. The van der Waals surface area contributed by atoms with Crippen molar-refractivity contribution in [3.8, 4) is 22.6 Å². The Morgan fingerprint density at radius 3 is 2.35 bits per heavy atom. The van der Waals surface area contributed by atoms with Crippen LogP contribution in [0.4, 0.5) is 5.95 Å². The lowest BCUT2D eigenvalue weighted by Crippen LogP contribution is -2.37. The van der Waals surface area contributed by atoms with Crippen LogP contribution >= 0.6 is 0 Å². The molecule has 1 saturated heterocycles. The molecule has 8 heteroatoms. The summed E-state index contributed by atoms with van der Waals surface area (Å²) in [7, 11) is 1.67. The van der Waals surface area contributed by atoms with E-state index in [2.05, 4.69) is 36.6 Å². The summed E-state index contributed by atoms with van der Waals surface area (Å²) in [5.41, 5.74) is 5.82. The van der Waals surface area contributed by atoms with E-state index in [1.807, 2.05) is 55.8 Å². The van der Waals surface area contributed by atoms with E-state index in [-0.39, 0.29) is 0 Å². The summed E-state index contributed by atoms with van der Waals surface area (Å²) < 4.78 is 12.9. The summed E-state index contributed by atoms with van der Waals surface area (Å²) in [6.45, 7) is 5.06. The van der Waals surface area contributed by atoms with E-state index in [1.54, 1.807) is 7.11 Å². The Morgan fingerprint density at radius 2 is 1.62 bits per heavy atom. The molecule has 0 amide bonds. The highest BCUT2D eigenvalue weighted by molar-refractivity contribution is 6.04. The first kappa shape index (κ1) is 20.6. The molecule has 4 heterocycles. The van der Waals surface area contributed by atoms with E-state index in [0.29, 0.717) is 13.2 Å². The van der Waals surface area contributed by atoms with Gasteiger partial charge in [0.2, 0.25) is 5.95 Å². The predicted octanol–water partition coefficient (Wildman–Crippen LogP) is 4.18. The van der Waals surface area contributed by atoms with E-state index in [9.17, 15) is 0 Å². The van der Waals surface area contributed by atoms with Crippen LogP contribution < -0.4 is 9.64 Å². The van der Waals surface area contributed by atoms with Crippen molar-refractivity contribution < 1.29 is 9.47 Å². The molecule has 0 radical (unpaired) electrons. The zero-order valence-electron chi connectivity index (χ0n) is 19.1. The van der Waals surface area contributed by atoms with Crippen molar-refractivity contribution in [3.05, 3.63) is 66.9 Å². The number of hydrogen-bond donors (Lipinski definition) is 0. The van der Waals surface area contributed by atoms with Crippen molar-refractivity contribution in [2.45, 2.75) is 6.92 Å². The summed E-state index contributed by atoms with van der Waals surface area (Å²) in [5, 5.41) is 1.03. The van der Waals surface area contributed by atoms with Gasteiger partial charge in [0.15, 0.2) is 0 Å². The molecule has 2 aromatic carbocycles. The monoisotopic (exact) mass is 452 g/mol. The molecule has 0 bridgehead atoms. The van der Waals surface area contributed by atoms with Gasteiger partial charge < -0.3 is 14.4 Å². The van der Waals surface area contributed by atoms with Gasteiger partial charge in [0.1, 0.15) is 17.1 Å². The Morgan fingerprint density at radius 1 is 0.853 bits per heavy atom. The van der Waals surface area contributed by atoms with Gasteiger partial charge in [0.05, 0.1) is 37.6 Å². The SMILES string of the molecule is COc1ccc(-n2c(C)nc3cnc4ccc(-c5cnc(N6CCOCC6)nc5)cc4c32)cc1. The van der Waals surface area contributed by atoms with Crippen molar-refractivity contribution in [1.29, 1.82) is 0 Å². The molecule has 8 nitrogen and oxygen atoms in total. The van der Waals surface area contributed by atoms with Crippen LogP contribution in [0.1, 0.15) is 5.82 Å². The number of rotatable bonds is 4. The van der Waals surface area contributed by atoms with Crippen molar-refractivity contribution in [1.82, 2.24) is 24.5 Å². The predicted molar refractivity (Wildman–Crippen MR) is 132 cm³/mol. The highest BCUT2D eigenvalue weighted by Crippen LogP contribution is 2.31. The highest BCUT2D eigenvalue weighted by atomic mass is 16.5. The average molecular weight is 453 g/mol. The lowest BCUT2D eigenvalue weighted by molar-refractivity contribution is 0.122. The number of pyridine rings is 1. The molecule has 0 aliphatic carbocycles. The number of nitrogens with zero attached hydrogens (tertiary/aromatic N) is 6. The third-order valence-electron chi connectivity index (χ3n) is 6.25. The molecule has 6 rings (SSSR count). The zero-order chi connectivity index (χ0) is 23.1. The number of fused-ring (bicyclic) bond motifs is 3. The maximum atomic E-state index is 5.43. The maximum Gasteiger partial charge on any atom is 0.225 e. The molecule has 170 valence electrons. The minimum Gasteiger partial charge on any atom is -0.497 e. The van der Waals surface area contributed by atoms with Crippen molar-refractivity contribution in [3.63, 3.8) is 0 Å². The number of benzene rings is 2. The van der Waals surface area contributed by atoms with E-state index in [4.69, 9.17) is 14.5 Å². The first-order valence-corrected chi connectivity index (χ1v) is 11.3. The van der Waals surface area contributed by atoms with Crippen molar-refractivity contribution in [2.75, 3.05) is 38.3 Å². The lowest BCUT2D eigenvalue weighted by atomic mass is 10.1. The highest BCUT2D eigenvalue weighted by Gasteiger charge is 2.16. The first-order chi connectivity index (χ1) is 16.7. The van der Waals surface area contributed by atoms with E-state index in [1.165, 1.54) is 0 Å². The summed E-state index contributed by atoms with van der Waals surface area (Å²) in [6.07, 6.45) is 5.61. The normalized spacial score (nSPS) is 14.1. The van der Waals surface area contributed by atoms with Crippen LogP contribution in [-0.2, 0) is 4.74 Å². The van der Waals surface area contributed by atoms with Gasteiger partial charge in [-0.15, -0.1) is 0 Å². The Labute approximate surface area is 196 Å². The fourth-order valence-electron chi connectivity index (χ4n) is 4.49. The third-order valence-corrected chi connectivity index (χ3v) is 6.25.